The lowest BCUT2D eigenvalue weighted by Crippen LogP contribution is -2.36. The van der Waals surface area contributed by atoms with Crippen LogP contribution in [0.3, 0.4) is 0 Å². The molecule has 0 radical (unpaired) electrons. The van der Waals surface area contributed by atoms with Gasteiger partial charge in [-0.15, -0.1) is 0 Å². The summed E-state index contributed by atoms with van der Waals surface area (Å²) in [5, 5.41) is 3.12. The molecule has 6 heteroatoms. The lowest BCUT2D eigenvalue weighted by Gasteiger charge is -2.28. The van der Waals surface area contributed by atoms with Crippen LogP contribution in [0.25, 0.3) is 11.3 Å². The van der Waals surface area contributed by atoms with E-state index in [9.17, 15) is 4.79 Å². The average Bonchev–Trinajstić information content (AvgIpc) is 3.51. The van der Waals surface area contributed by atoms with Crippen LogP contribution in [-0.4, -0.2) is 42.5 Å². The fourth-order valence-corrected chi connectivity index (χ4v) is 4.13. The first kappa shape index (κ1) is 22.1. The van der Waals surface area contributed by atoms with Gasteiger partial charge in [-0.1, -0.05) is 42.0 Å². The summed E-state index contributed by atoms with van der Waals surface area (Å²) in [6.45, 7) is 4.76. The fraction of sp³-hybridized carbons (Fsp3) is 0.385. The van der Waals surface area contributed by atoms with Gasteiger partial charge < -0.3 is 14.5 Å². The van der Waals surface area contributed by atoms with Crippen molar-refractivity contribution in [2.45, 2.75) is 38.6 Å². The fourth-order valence-electron chi connectivity index (χ4n) is 4.13. The van der Waals surface area contributed by atoms with Gasteiger partial charge in [-0.2, -0.15) is 0 Å². The molecule has 168 valence electrons. The maximum absolute atomic E-state index is 12.6. The van der Waals surface area contributed by atoms with E-state index in [1.807, 2.05) is 36.4 Å². The van der Waals surface area contributed by atoms with Crippen molar-refractivity contribution < 1.29 is 13.9 Å². The Labute approximate surface area is 189 Å². The molecule has 0 bridgehead atoms. The largest absolute Gasteiger partial charge is 0.497 e. The third kappa shape index (κ3) is 5.56. The Kier molecular flexibility index (Phi) is 7.22. The predicted molar refractivity (Wildman–Crippen MR) is 125 cm³/mol. The van der Waals surface area contributed by atoms with Gasteiger partial charge in [-0.05, 0) is 50.6 Å². The molecule has 1 amide bonds. The van der Waals surface area contributed by atoms with Crippen molar-refractivity contribution in [3.8, 4) is 17.1 Å². The van der Waals surface area contributed by atoms with Gasteiger partial charge in [0.05, 0.1) is 19.3 Å². The van der Waals surface area contributed by atoms with Crippen molar-refractivity contribution in [2.75, 3.05) is 26.7 Å². The number of aryl methyl sites for hydroxylation is 2. The molecule has 1 fully saturated rings. The smallest absolute Gasteiger partial charge is 0.220 e. The molecular weight excluding hydrogens is 402 g/mol. The maximum atomic E-state index is 12.6. The quantitative estimate of drug-likeness (QED) is 0.536. The molecule has 1 N–H and O–H groups in total. The van der Waals surface area contributed by atoms with Crippen LogP contribution in [0, 0.1) is 6.92 Å². The van der Waals surface area contributed by atoms with Crippen LogP contribution >= 0.6 is 0 Å². The standard InChI is InChI=1S/C26H31N3O3/c1-19-5-7-21(8-6-19)24-18-28-26(32-24)14-13-25(30)27-17-23(29-15-3-4-16-29)20-9-11-22(31-2)12-10-20/h5-12,18,23H,3-4,13-17H2,1-2H3,(H,27,30). The van der Waals surface area contributed by atoms with Gasteiger partial charge >= 0.3 is 0 Å². The average molecular weight is 434 g/mol. The molecule has 2 heterocycles. The number of hydrogen-bond donors (Lipinski definition) is 1. The van der Waals surface area contributed by atoms with Crippen LogP contribution in [0.5, 0.6) is 5.75 Å². The number of nitrogens with zero attached hydrogens (tertiary/aromatic N) is 2. The lowest BCUT2D eigenvalue weighted by atomic mass is 10.1. The van der Waals surface area contributed by atoms with Crippen LogP contribution in [0.2, 0.25) is 0 Å². The van der Waals surface area contributed by atoms with E-state index in [1.165, 1.54) is 24.0 Å². The van der Waals surface area contributed by atoms with Gasteiger partial charge in [-0.25, -0.2) is 4.98 Å². The van der Waals surface area contributed by atoms with Crippen LogP contribution in [0.15, 0.2) is 59.1 Å². The van der Waals surface area contributed by atoms with Gasteiger partial charge in [-0.3, -0.25) is 9.69 Å². The summed E-state index contributed by atoms with van der Waals surface area (Å²) in [5.74, 6) is 2.17. The summed E-state index contributed by atoms with van der Waals surface area (Å²) in [4.78, 5) is 19.4. The Morgan fingerprint density at radius 3 is 2.53 bits per heavy atom. The van der Waals surface area contributed by atoms with Crippen LogP contribution in [0.1, 0.15) is 42.3 Å². The molecule has 3 aromatic rings. The van der Waals surface area contributed by atoms with E-state index in [4.69, 9.17) is 9.15 Å². The Balaban J connectivity index is 1.32. The second kappa shape index (κ2) is 10.5. The van der Waals surface area contributed by atoms with E-state index in [2.05, 4.69) is 34.3 Å². The van der Waals surface area contributed by atoms with Gasteiger partial charge in [0.2, 0.25) is 5.91 Å². The van der Waals surface area contributed by atoms with E-state index < -0.39 is 0 Å². The summed E-state index contributed by atoms with van der Waals surface area (Å²) in [7, 11) is 1.67. The number of hydrogen-bond acceptors (Lipinski definition) is 5. The number of carbonyl (C=O) groups is 1. The first-order chi connectivity index (χ1) is 15.6. The van der Waals surface area contributed by atoms with Gasteiger partial charge in [0.1, 0.15) is 5.75 Å². The molecule has 1 saturated heterocycles. The van der Waals surface area contributed by atoms with Gasteiger partial charge in [0.15, 0.2) is 11.7 Å². The number of methoxy groups -OCH3 is 1. The van der Waals surface area contributed by atoms with Gasteiger partial charge in [0, 0.05) is 24.9 Å². The highest BCUT2D eigenvalue weighted by atomic mass is 16.5. The molecule has 1 atom stereocenters. The molecule has 4 rings (SSSR count). The maximum Gasteiger partial charge on any atom is 0.220 e. The molecule has 1 aliphatic rings. The molecule has 2 aromatic carbocycles. The number of rotatable bonds is 9. The summed E-state index contributed by atoms with van der Waals surface area (Å²) in [6, 6.07) is 16.4. The zero-order valence-corrected chi connectivity index (χ0v) is 18.8. The van der Waals surface area contributed by atoms with E-state index in [1.54, 1.807) is 13.3 Å². The number of carbonyl (C=O) groups excluding carboxylic acids is 1. The summed E-state index contributed by atoms with van der Waals surface area (Å²) < 4.78 is 11.1. The molecule has 0 saturated carbocycles. The molecule has 0 spiro atoms. The van der Waals surface area contributed by atoms with Crippen molar-refractivity contribution in [1.82, 2.24) is 15.2 Å². The molecule has 6 nitrogen and oxygen atoms in total. The van der Waals surface area contributed by atoms with Crippen molar-refractivity contribution in [3.05, 3.63) is 71.7 Å². The zero-order valence-electron chi connectivity index (χ0n) is 18.8. The second-order valence-electron chi connectivity index (χ2n) is 8.32. The normalized spacial score (nSPS) is 14.9. The molecule has 32 heavy (non-hydrogen) atoms. The van der Waals surface area contributed by atoms with E-state index in [-0.39, 0.29) is 11.9 Å². The van der Waals surface area contributed by atoms with E-state index in [0.717, 1.165) is 30.2 Å². The number of benzene rings is 2. The van der Waals surface area contributed by atoms with Crippen LogP contribution < -0.4 is 10.1 Å². The van der Waals surface area contributed by atoms with Crippen molar-refractivity contribution in [2.24, 2.45) is 0 Å². The Bertz CT molecular complexity index is 1010. The third-order valence-electron chi connectivity index (χ3n) is 6.03. The number of nitrogens with one attached hydrogen (secondary N) is 1. The molecular formula is C26H31N3O3. The molecule has 1 unspecified atom stereocenters. The minimum absolute atomic E-state index is 0.0118. The minimum Gasteiger partial charge on any atom is -0.497 e. The van der Waals surface area contributed by atoms with Crippen LogP contribution in [-0.2, 0) is 11.2 Å². The predicted octanol–water partition coefficient (Wildman–Crippen LogP) is 4.54. The monoisotopic (exact) mass is 433 g/mol. The number of likely N-dealkylation sites (tertiary alicyclic amines) is 1. The topological polar surface area (TPSA) is 67.6 Å². The highest BCUT2D eigenvalue weighted by Crippen LogP contribution is 2.26. The van der Waals surface area contributed by atoms with E-state index in [0.29, 0.717) is 25.3 Å². The lowest BCUT2D eigenvalue weighted by molar-refractivity contribution is -0.121. The highest BCUT2D eigenvalue weighted by molar-refractivity contribution is 5.76. The molecule has 1 aliphatic heterocycles. The van der Waals surface area contributed by atoms with Crippen molar-refractivity contribution in [1.29, 1.82) is 0 Å². The zero-order chi connectivity index (χ0) is 22.3. The number of amides is 1. The highest BCUT2D eigenvalue weighted by Gasteiger charge is 2.24. The second-order valence-corrected chi connectivity index (χ2v) is 8.32. The number of oxazole rings is 1. The van der Waals surface area contributed by atoms with Crippen LogP contribution in [0.4, 0.5) is 0 Å². The Morgan fingerprint density at radius 2 is 1.84 bits per heavy atom. The van der Waals surface area contributed by atoms with Crippen molar-refractivity contribution in [3.63, 3.8) is 0 Å². The number of ether oxygens (including phenoxy) is 1. The van der Waals surface area contributed by atoms with Crippen molar-refractivity contribution >= 4 is 5.91 Å². The minimum atomic E-state index is 0.0118. The summed E-state index contributed by atoms with van der Waals surface area (Å²) in [5.41, 5.74) is 3.39. The Morgan fingerprint density at radius 1 is 1.12 bits per heavy atom. The van der Waals surface area contributed by atoms with E-state index >= 15 is 0 Å². The summed E-state index contributed by atoms with van der Waals surface area (Å²) >= 11 is 0. The SMILES string of the molecule is COc1ccc(C(CNC(=O)CCc2ncc(-c3ccc(C)cc3)o2)N2CCCC2)cc1. The number of aromatic nitrogens is 1. The first-order valence-electron chi connectivity index (χ1n) is 11.3. The summed E-state index contributed by atoms with van der Waals surface area (Å²) in [6.07, 6.45) is 4.96. The first-order valence-corrected chi connectivity index (χ1v) is 11.3. The Hall–Kier alpha value is -3.12. The molecule has 0 aliphatic carbocycles. The van der Waals surface area contributed by atoms with Gasteiger partial charge in [0.25, 0.3) is 0 Å². The third-order valence-corrected chi connectivity index (χ3v) is 6.03. The molecule has 1 aromatic heterocycles.